The summed E-state index contributed by atoms with van der Waals surface area (Å²) in [6, 6.07) is 10.2. The Morgan fingerprint density at radius 1 is 1.13 bits per heavy atom. The first-order chi connectivity index (χ1) is 11.2. The van der Waals surface area contributed by atoms with E-state index in [1.54, 1.807) is 0 Å². The minimum atomic E-state index is -0.0273. The van der Waals surface area contributed by atoms with Gasteiger partial charge in [0.1, 0.15) is 0 Å². The minimum Gasteiger partial charge on any atom is -0.390 e. The number of carbonyl (C=O) groups excluding carboxylic acids is 1. The van der Waals surface area contributed by atoms with Crippen LogP contribution in [0.2, 0.25) is 0 Å². The van der Waals surface area contributed by atoms with E-state index in [0.29, 0.717) is 17.1 Å². The van der Waals surface area contributed by atoms with E-state index in [4.69, 9.17) is 5.73 Å². The van der Waals surface area contributed by atoms with Crippen molar-refractivity contribution >= 4 is 22.2 Å². The normalized spacial score (nSPS) is 10.7. The Morgan fingerprint density at radius 2 is 1.83 bits per heavy atom. The standard InChI is InChI=1S/C19H26N2OS/c1-3-5-12-15-16(19(22)21-13-6-4-2)18(20)23-17(15)14-10-8-7-9-11-14/h7-11H,3-6,12-13,20H2,1-2H3,(H,21,22). The lowest BCUT2D eigenvalue weighted by atomic mass is 9.99. The first-order valence-corrected chi connectivity index (χ1v) is 9.25. The molecule has 1 aromatic heterocycles. The maximum atomic E-state index is 12.6. The predicted octanol–water partition coefficient (Wildman–Crippen LogP) is 4.87. The van der Waals surface area contributed by atoms with E-state index >= 15 is 0 Å². The zero-order valence-corrected chi connectivity index (χ0v) is 14.8. The summed E-state index contributed by atoms with van der Waals surface area (Å²) in [6.45, 7) is 4.99. The summed E-state index contributed by atoms with van der Waals surface area (Å²) < 4.78 is 0. The number of thiophene rings is 1. The molecule has 2 rings (SSSR count). The van der Waals surface area contributed by atoms with Gasteiger partial charge >= 0.3 is 0 Å². The molecule has 0 saturated carbocycles. The number of nitrogens with two attached hydrogens (primary N) is 1. The third-order valence-corrected chi connectivity index (χ3v) is 5.00. The SMILES string of the molecule is CCCCNC(=O)c1c(N)sc(-c2ccccc2)c1CCCC. The molecule has 0 aliphatic carbocycles. The minimum absolute atomic E-state index is 0.0273. The lowest BCUT2D eigenvalue weighted by Crippen LogP contribution is -2.25. The second-order valence-corrected chi connectivity index (χ2v) is 6.78. The molecule has 0 unspecified atom stereocenters. The lowest BCUT2D eigenvalue weighted by molar-refractivity contribution is 0.0953. The number of amides is 1. The molecule has 0 fully saturated rings. The molecule has 3 nitrogen and oxygen atoms in total. The zero-order valence-electron chi connectivity index (χ0n) is 14.0. The van der Waals surface area contributed by atoms with Gasteiger partial charge in [0.15, 0.2) is 0 Å². The van der Waals surface area contributed by atoms with Crippen LogP contribution in [-0.2, 0) is 6.42 Å². The summed E-state index contributed by atoms with van der Waals surface area (Å²) in [5, 5.41) is 3.64. The summed E-state index contributed by atoms with van der Waals surface area (Å²) in [7, 11) is 0. The van der Waals surface area contributed by atoms with Crippen molar-refractivity contribution in [2.24, 2.45) is 0 Å². The van der Waals surface area contributed by atoms with Crippen LogP contribution in [0.3, 0.4) is 0 Å². The van der Waals surface area contributed by atoms with Gasteiger partial charge in [-0.05, 0) is 30.4 Å². The topological polar surface area (TPSA) is 55.1 Å². The quantitative estimate of drug-likeness (QED) is 0.678. The number of carbonyl (C=O) groups is 1. The number of rotatable bonds is 8. The van der Waals surface area contributed by atoms with E-state index in [9.17, 15) is 4.79 Å². The molecule has 2 aromatic rings. The van der Waals surface area contributed by atoms with Crippen molar-refractivity contribution in [3.8, 4) is 10.4 Å². The Kier molecular flexibility index (Phi) is 6.66. The van der Waals surface area contributed by atoms with Gasteiger partial charge in [0, 0.05) is 11.4 Å². The van der Waals surface area contributed by atoms with E-state index in [1.807, 2.05) is 18.2 Å². The molecule has 3 N–H and O–H groups in total. The Labute approximate surface area is 142 Å². The van der Waals surface area contributed by atoms with Gasteiger partial charge in [-0.25, -0.2) is 0 Å². The van der Waals surface area contributed by atoms with Gasteiger partial charge < -0.3 is 11.1 Å². The van der Waals surface area contributed by atoms with Crippen molar-refractivity contribution in [1.29, 1.82) is 0 Å². The fraction of sp³-hybridized carbons (Fsp3) is 0.421. The fourth-order valence-corrected chi connectivity index (χ4v) is 3.73. The third kappa shape index (κ3) is 4.35. The maximum absolute atomic E-state index is 12.6. The fourth-order valence-electron chi connectivity index (χ4n) is 2.62. The van der Waals surface area contributed by atoms with E-state index in [2.05, 4.69) is 31.3 Å². The van der Waals surface area contributed by atoms with Crippen LogP contribution in [0.5, 0.6) is 0 Å². The highest BCUT2D eigenvalue weighted by atomic mass is 32.1. The first kappa shape index (κ1) is 17.5. The van der Waals surface area contributed by atoms with E-state index < -0.39 is 0 Å². The average molecular weight is 330 g/mol. The Balaban J connectivity index is 2.37. The van der Waals surface area contributed by atoms with Gasteiger partial charge in [0.25, 0.3) is 5.91 Å². The van der Waals surface area contributed by atoms with Crippen molar-refractivity contribution in [3.63, 3.8) is 0 Å². The number of hydrogen-bond donors (Lipinski definition) is 2. The van der Waals surface area contributed by atoms with Gasteiger partial charge in [-0.1, -0.05) is 57.0 Å². The van der Waals surface area contributed by atoms with Crippen molar-refractivity contribution in [2.75, 3.05) is 12.3 Å². The van der Waals surface area contributed by atoms with E-state index in [1.165, 1.54) is 11.3 Å². The molecule has 124 valence electrons. The molecule has 0 aliphatic rings. The van der Waals surface area contributed by atoms with Crippen LogP contribution in [0.4, 0.5) is 5.00 Å². The third-order valence-electron chi connectivity index (χ3n) is 3.89. The molecule has 0 aliphatic heterocycles. The average Bonchev–Trinajstić information content (AvgIpc) is 2.90. The van der Waals surface area contributed by atoms with Crippen LogP contribution < -0.4 is 11.1 Å². The largest absolute Gasteiger partial charge is 0.390 e. The summed E-state index contributed by atoms with van der Waals surface area (Å²) in [6.07, 6.45) is 5.11. The molecule has 4 heteroatoms. The van der Waals surface area contributed by atoms with Crippen molar-refractivity contribution in [3.05, 3.63) is 41.5 Å². The number of anilines is 1. The highest BCUT2D eigenvalue weighted by molar-refractivity contribution is 7.19. The van der Waals surface area contributed by atoms with Crippen molar-refractivity contribution in [2.45, 2.75) is 46.0 Å². The Bertz CT molecular complexity index is 634. The molecular formula is C19H26N2OS. The zero-order chi connectivity index (χ0) is 16.7. The van der Waals surface area contributed by atoms with Gasteiger partial charge in [-0.15, -0.1) is 11.3 Å². The maximum Gasteiger partial charge on any atom is 0.254 e. The second-order valence-electron chi connectivity index (χ2n) is 5.73. The molecule has 0 radical (unpaired) electrons. The lowest BCUT2D eigenvalue weighted by Gasteiger charge is -2.09. The van der Waals surface area contributed by atoms with Gasteiger partial charge in [0.05, 0.1) is 10.6 Å². The monoisotopic (exact) mass is 330 g/mol. The van der Waals surface area contributed by atoms with Crippen LogP contribution in [0, 0.1) is 0 Å². The smallest absolute Gasteiger partial charge is 0.254 e. The summed E-state index contributed by atoms with van der Waals surface area (Å²) in [5.74, 6) is -0.0273. The van der Waals surface area contributed by atoms with E-state index in [0.717, 1.165) is 48.1 Å². The molecule has 0 bridgehead atoms. The summed E-state index contributed by atoms with van der Waals surface area (Å²) in [4.78, 5) is 13.7. The molecule has 0 saturated heterocycles. The number of unbranched alkanes of at least 4 members (excludes halogenated alkanes) is 2. The van der Waals surface area contributed by atoms with Gasteiger partial charge in [0.2, 0.25) is 0 Å². The van der Waals surface area contributed by atoms with Crippen LogP contribution in [0.15, 0.2) is 30.3 Å². The predicted molar refractivity (Wildman–Crippen MR) is 100 cm³/mol. The molecule has 1 aromatic carbocycles. The summed E-state index contributed by atoms with van der Waals surface area (Å²) >= 11 is 1.53. The molecule has 23 heavy (non-hydrogen) atoms. The second kappa shape index (κ2) is 8.73. The van der Waals surface area contributed by atoms with Gasteiger partial charge in [-0.2, -0.15) is 0 Å². The number of nitrogen functional groups attached to an aromatic ring is 1. The van der Waals surface area contributed by atoms with Crippen LogP contribution in [-0.4, -0.2) is 12.5 Å². The number of hydrogen-bond acceptors (Lipinski definition) is 3. The molecule has 1 amide bonds. The first-order valence-electron chi connectivity index (χ1n) is 8.43. The van der Waals surface area contributed by atoms with Gasteiger partial charge in [-0.3, -0.25) is 4.79 Å². The van der Waals surface area contributed by atoms with E-state index in [-0.39, 0.29) is 5.91 Å². The summed E-state index contributed by atoms with van der Waals surface area (Å²) in [5.41, 5.74) is 9.15. The molecule has 0 spiro atoms. The van der Waals surface area contributed by atoms with Crippen LogP contribution in [0.1, 0.15) is 55.5 Å². The Morgan fingerprint density at radius 3 is 2.48 bits per heavy atom. The van der Waals surface area contributed by atoms with Crippen LogP contribution in [0.25, 0.3) is 10.4 Å². The number of benzene rings is 1. The molecular weight excluding hydrogens is 304 g/mol. The van der Waals surface area contributed by atoms with Crippen molar-refractivity contribution in [1.82, 2.24) is 5.32 Å². The van der Waals surface area contributed by atoms with Crippen molar-refractivity contribution < 1.29 is 4.79 Å². The molecule has 0 atom stereocenters. The molecule has 1 heterocycles. The van der Waals surface area contributed by atoms with Crippen LogP contribution >= 0.6 is 11.3 Å². The number of nitrogens with one attached hydrogen (secondary N) is 1. The highest BCUT2D eigenvalue weighted by Gasteiger charge is 2.22. The Hall–Kier alpha value is -1.81. The highest BCUT2D eigenvalue weighted by Crippen LogP contribution is 2.39.